The third kappa shape index (κ3) is 3.08. The maximum atomic E-state index is 6.38. The van der Waals surface area contributed by atoms with Crippen LogP contribution in [0.15, 0.2) is 138 Å². The van der Waals surface area contributed by atoms with E-state index in [1.807, 2.05) is 23.5 Å². The lowest BCUT2D eigenvalue weighted by Gasteiger charge is -2.10. The van der Waals surface area contributed by atoms with Crippen molar-refractivity contribution in [3.05, 3.63) is 133 Å². The van der Waals surface area contributed by atoms with E-state index in [9.17, 15) is 0 Å². The fourth-order valence-electron chi connectivity index (χ4n) is 6.41. The predicted octanol–water partition coefficient (Wildman–Crippen LogP) is 11.6. The summed E-state index contributed by atoms with van der Waals surface area (Å²) in [6, 6.07) is 48.2. The summed E-state index contributed by atoms with van der Waals surface area (Å²) in [4.78, 5) is 0. The van der Waals surface area contributed by atoms with Crippen molar-refractivity contribution in [2.24, 2.45) is 0 Å². The van der Waals surface area contributed by atoms with Crippen LogP contribution in [0.3, 0.4) is 0 Å². The van der Waals surface area contributed by atoms with Gasteiger partial charge in [0.2, 0.25) is 0 Å². The van der Waals surface area contributed by atoms with Crippen molar-refractivity contribution in [2.75, 3.05) is 0 Å². The molecule has 0 aliphatic rings. The highest BCUT2D eigenvalue weighted by Gasteiger charge is 2.17. The van der Waals surface area contributed by atoms with Crippen LogP contribution in [-0.2, 0) is 0 Å². The van der Waals surface area contributed by atoms with Gasteiger partial charge in [-0.05, 0) is 51.0 Å². The average molecular weight is 527 g/mol. The van der Waals surface area contributed by atoms with Gasteiger partial charge in [-0.15, -0.1) is 11.3 Å². The molecule has 0 spiro atoms. The van der Waals surface area contributed by atoms with E-state index in [0.717, 1.165) is 27.5 Å². The smallest absolute Gasteiger partial charge is 0.143 e. The van der Waals surface area contributed by atoms with Gasteiger partial charge in [-0.1, -0.05) is 115 Å². The van der Waals surface area contributed by atoms with Gasteiger partial charge in [0.15, 0.2) is 0 Å². The van der Waals surface area contributed by atoms with Crippen LogP contribution in [-0.4, -0.2) is 0 Å². The largest absolute Gasteiger partial charge is 0.455 e. The molecule has 0 atom stereocenters. The number of furan rings is 1. The van der Waals surface area contributed by atoms with Crippen molar-refractivity contribution in [1.82, 2.24) is 0 Å². The molecule has 0 fully saturated rings. The van der Waals surface area contributed by atoms with E-state index in [4.69, 9.17) is 4.42 Å². The highest BCUT2D eigenvalue weighted by Crippen LogP contribution is 2.46. The Balaban J connectivity index is 1.32. The lowest BCUT2D eigenvalue weighted by Crippen LogP contribution is -1.83. The molecule has 1 nitrogen and oxygen atoms in total. The number of fused-ring (bicyclic) bond motifs is 11. The molecule has 9 aromatic rings. The average Bonchev–Trinajstić information content (AvgIpc) is 3.60. The van der Waals surface area contributed by atoms with Crippen LogP contribution in [0.2, 0.25) is 0 Å². The number of para-hydroxylation sites is 2. The van der Waals surface area contributed by atoms with Gasteiger partial charge in [-0.2, -0.15) is 0 Å². The molecule has 2 heteroatoms. The van der Waals surface area contributed by atoms with Crippen LogP contribution in [0.25, 0.3) is 85.9 Å². The summed E-state index contributed by atoms with van der Waals surface area (Å²) >= 11 is 1.90. The maximum Gasteiger partial charge on any atom is 0.143 e. The molecule has 0 saturated carbocycles. The monoisotopic (exact) mass is 526 g/mol. The molecule has 0 radical (unpaired) electrons. The van der Waals surface area contributed by atoms with Gasteiger partial charge < -0.3 is 4.42 Å². The molecule has 40 heavy (non-hydrogen) atoms. The summed E-state index contributed by atoms with van der Waals surface area (Å²) in [5, 5.41) is 10.2. The molecule has 0 bridgehead atoms. The molecule has 0 N–H and O–H groups in total. The fourth-order valence-corrected chi connectivity index (χ4v) is 7.70. The van der Waals surface area contributed by atoms with Crippen molar-refractivity contribution in [1.29, 1.82) is 0 Å². The third-order valence-corrected chi connectivity index (χ3v) is 9.45. The maximum absolute atomic E-state index is 6.38. The molecule has 0 aliphatic heterocycles. The Labute approximate surface area is 234 Å². The second-order valence-electron chi connectivity index (χ2n) is 10.5. The summed E-state index contributed by atoms with van der Waals surface area (Å²) in [5.41, 5.74) is 6.70. The summed E-state index contributed by atoms with van der Waals surface area (Å²) in [6.07, 6.45) is 0. The second-order valence-corrected chi connectivity index (χ2v) is 11.5. The first kappa shape index (κ1) is 22.0. The molecule has 186 valence electrons. The van der Waals surface area contributed by atoms with Gasteiger partial charge in [0.05, 0.1) is 0 Å². The van der Waals surface area contributed by atoms with Crippen LogP contribution in [0.4, 0.5) is 0 Å². The fraction of sp³-hybridized carbons (Fsp3) is 0. The van der Waals surface area contributed by atoms with Crippen molar-refractivity contribution in [3.8, 4) is 22.3 Å². The van der Waals surface area contributed by atoms with Crippen LogP contribution in [0.1, 0.15) is 0 Å². The van der Waals surface area contributed by atoms with Crippen LogP contribution in [0, 0.1) is 0 Å². The summed E-state index contributed by atoms with van der Waals surface area (Å²) in [6.45, 7) is 0. The molecular formula is C38H22OS. The number of rotatable bonds is 2. The Morgan fingerprint density at radius 3 is 2.05 bits per heavy atom. The standard InChI is InChI=1S/C38H22OS/c1-2-9-23(10-3-1)24-17-19-31-33(21-24)27-11-4-5-13-29(27)36-32-20-18-25(22-35(32)40-38(31)36)26-14-8-15-30-28-12-6-7-16-34(28)39-37(26)30/h1-22H. The lowest BCUT2D eigenvalue weighted by molar-refractivity contribution is 0.670. The van der Waals surface area contributed by atoms with E-state index in [0.29, 0.717) is 0 Å². The van der Waals surface area contributed by atoms with Crippen LogP contribution >= 0.6 is 11.3 Å². The van der Waals surface area contributed by atoms with Gasteiger partial charge >= 0.3 is 0 Å². The zero-order chi connectivity index (χ0) is 26.2. The van der Waals surface area contributed by atoms with E-state index in [2.05, 4.69) is 121 Å². The van der Waals surface area contributed by atoms with Crippen molar-refractivity contribution in [3.63, 3.8) is 0 Å². The van der Waals surface area contributed by atoms with Gasteiger partial charge in [0.25, 0.3) is 0 Å². The van der Waals surface area contributed by atoms with E-state index in [-0.39, 0.29) is 0 Å². The SMILES string of the molecule is c1ccc(-c2ccc3c(c2)c2ccccc2c2c4ccc(-c5cccc6c5oc5ccccc56)cc4sc32)cc1. The Bertz CT molecular complexity index is 2420. The van der Waals surface area contributed by atoms with E-state index in [1.165, 1.54) is 58.4 Å². The van der Waals surface area contributed by atoms with Gasteiger partial charge in [0, 0.05) is 41.9 Å². The Morgan fingerprint density at radius 2 is 1.15 bits per heavy atom. The highest BCUT2D eigenvalue weighted by molar-refractivity contribution is 7.27. The van der Waals surface area contributed by atoms with Crippen LogP contribution in [0.5, 0.6) is 0 Å². The molecule has 0 unspecified atom stereocenters. The van der Waals surface area contributed by atoms with Crippen molar-refractivity contribution in [2.45, 2.75) is 0 Å². The molecule has 2 heterocycles. The van der Waals surface area contributed by atoms with Crippen LogP contribution < -0.4 is 0 Å². The molecule has 9 rings (SSSR count). The quantitative estimate of drug-likeness (QED) is 0.204. The molecule has 2 aromatic heterocycles. The molecule has 7 aromatic carbocycles. The van der Waals surface area contributed by atoms with Gasteiger partial charge in [0.1, 0.15) is 11.2 Å². The van der Waals surface area contributed by atoms with Gasteiger partial charge in [-0.25, -0.2) is 0 Å². The Morgan fingerprint density at radius 1 is 0.425 bits per heavy atom. The minimum atomic E-state index is 0.931. The van der Waals surface area contributed by atoms with E-state index >= 15 is 0 Å². The molecule has 0 aliphatic carbocycles. The first-order chi connectivity index (χ1) is 19.8. The minimum Gasteiger partial charge on any atom is -0.455 e. The lowest BCUT2D eigenvalue weighted by atomic mass is 9.94. The normalized spacial score (nSPS) is 12.0. The first-order valence-corrected chi connectivity index (χ1v) is 14.4. The Kier molecular flexibility index (Phi) is 4.55. The predicted molar refractivity (Wildman–Crippen MR) is 172 cm³/mol. The number of thiophene rings is 1. The summed E-state index contributed by atoms with van der Waals surface area (Å²) < 4.78 is 9.02. The molecule has 0 saturated heterocycles. The number of hydrogen-bond acceptors (Lipinski definition) is 2. The molecular weight excluding hydrogens is 504 g/mol. The second kappa shape index (κ2) is 8.29. The summed E-state index contributed by atoms with van der Waals surface area (Å²) in [7, 11) is 0. The van der Waals surface area contributed by atoms with E-state index in [1.54, 1.807) is 0 Å². The zero-order valence-corrected chi connectivity index (χ0v) is 22.3. The van der Waals surface area contributed by atoms with Crippen molar-refractivity contribution >= 4 is 75.0 Å². The van der Waals surface area contributed by atoms with Gasteiger partial charge in [-0.3, -0.25) is 0 Å². The van der Waals surface area contributed by atoms with Crippen molar-refractivity contribution < 1.29 is 4.42 Å². The minimum absolute atomic E-state index is 0.931. The summed E-state index contributed by atoms with van der Waals surface area (Å²) in [5.74, 6) is 0. The Hall–Kier alpha value is -4.92. The number of benzene rings is 7. The topological polar surface area (TPSA) is 13.1 Å². The van der Waals surface area contributed by atoms with E-state index < -0.39 is 0 Å². The highest BCUT2D eigenvalue weighted by atomic mass is 32.1. The zero-order valence-electron chi connectivity index (χ0n) is 21.5. The molecule has 0 amide bonds. The third-order valence-electron chi connectivity index (χ3n) is 8.26. The number of hydrogen-bond donors (Lipinski definition) is 0. The first-order valence-electron chi connectivity index (χ1n) is 13.6.